The molecule has 0 radical (unpaired) electrons. The number of piperidine rings is 1. The van der Waals surface area contributed by atoms with Gasteiger partial charge in [-0.25, -0.2) is 9.89 Å². The van der Waals surface area contributed by atoms with Crippen molar-refractivity contribution in [2.45, 2.75) is 31.8 Å². The van der Waals surface area contributed by atoms with E-state index in [9.17, 15) is 18.0 Å². The Morgan fingerprint density at radius 2 is 1.88 bits per heavy atom. The number of alkyl halides is 3. The highest BCUT2D eigenvalue weighted by Crippen LogP contribution is 2.25. The maximum atomic E-state index is 12.1. The Kier molecular flexibility index (Phi) is 4.61. The van der Waals surface area contributed by atoms with Crippen molar-refractivity contribution >= 4 is 0 Å². The lowest BCUT2D eigenvalue weighted by Gasteiger charge is -2.32. The van der Waals surface area contributed by atoms with Crippen molar-refractivity contribution in [1.82, 2.24) is 19.7 Å². The highest BCUT2D eigenvalue weighted by atomic mass is 19.4. The second kappa shape index (κ2) is 6.68. The van der Waals surface area contributed by atoms with Crippen LogP contribution in [0.25, 0.3) is 0 Å². The largest absolute Gasteiger partial charge is 0.573 e. The van der Waals surface area contributed by atoms with Gasteiger partial charge in [-0.2, -0.15) is 5.10 Å². The summed E-state index contributed by atoms with van der Waals surface area (Å²) >= 11 is 0. The van der Waals surface area contributed by atoms with Crippen molar-refractivity contribution in [2.75, 3.05) is 13.1 Å². The van der Waals surface area contributed by atoms with Crippen LogP contribution in [0.2, 0.25) is 0 Å². The molecule has 9 heteroatoms. The van der Waals surface area contributed by atoms with Gasteiger partial charge in [0, 0.05) is 25.7 Å². The summed E-state index contributed by atoms with van der Waals surface area (Å²) in [5.74, 6) is -0.218. The van der Waals surface area contributed by atoms with Gasteiger partial charge in [-0.3, -0.25) is 9.47 Å². The molecule has 1 saturated heterocycles. The van der Waals surface area contributed by atoms with Crippen LogP contribution < -0.4 is 10.4 Å². The van der Waals surface area contributed by atoms with E-state index in [0.717, 1.165) is 31.5 Å². The average Bonchev–Trinajstić information content (AvgIpc) is 2.95. The molecule has 1 aromatic heterocycles. The first-order valence-corrected chi connectivity index (χ1v) is 7.59. The van der Waals surface area contributed by atoms with Gasteiger partial charge in [-0.05, 0) is 30.5 Å². The van der Waals surface area contributed by atoms with E-state index >= 15 is 0 Å². The lowest BCUT2D eigenvalue weighted by atomic mass is 10.0. The highest BCUT2D eigenvalue weighted by Gasteiger charge is 2.31. The molecule has 1 aliphatic heterocycles. The first-order chi connectivity index (χ1) is 11.4. The third-order valence-corrected chi connectivity index (χ3v) is 4.09. The van der Waals surface area contributed by atoms with Crippen molar-refractivity contribution in [3.8, 4) is 5.75 Å². The molecule has 3 rings (SSSR count). The van der Waals surface area contributed by atoms with E-state index in [1.54, 1.807) is 16.7 Å². The Hall–Kier alpha value is -2.29. The van der Waals surface area contributed by atoms with Gasteiger partial charge in [0.2, 0.25) is 0 Å². The normalized spacial score (nSPS) is 17.1. The maximum Gasteiger partial charge on any atom is 0.573 e. The third-order valence-electron chi connectivity index (χ3n) is 4.09. The number of nitrogens with zero attached hydrogens (tertiary/aromatic N) is 3. The smallest absolute Gasteiger partial charge is 0.406 e. The molecule has 6 nitrogen and oxygen atoms in total. The molecule has 0 amide bonds. The number of likely N-dealkylation sites (tertiary alicyclic amines) is 1. The number of benzene rings is 1. The van der Waals surface area contributed by atoms with Gasteiger partial charge in [-0.15, -0.1) is 13.2 Å². The Morgan fingerprint density at radius 3 is 2.42 bits per heavy atom. The number of halogens is 3. The van der Waals surface area contributed by atoms with Gasteiger partial charge in [-0.1, -0.05) is 12.1 Å². The van der Waals surface area contributed by atoms with E-state index in [0.29, 0.717) is 6.54 Å². The summed E-state index contributed by atoms with van der Waals surface area (Å²) < 4.78 is 41.9. The second-order valence-corrected chi connectivity index (χ2v) is 5.77. The van der Waals surface area contributed by atoms with E-state index in [1.165, 1.54) is 18.5 Å². The Balaban J connectivity index is 1.53. The molecular formula is C15H17F3N4O2. The summed E-state index contributed by atoms with van der Waals surface area (Å²) in [7, 11) is 0. The van der Waals surface area contributed by atoms with Crippen molar-refractivity contribution < 1.29 is 17.9 Å². The number of hydrogen-bond acceptors (Lipinski definition) is 4. The summed E-state index contributed by atoms with van der Waals surface area (Å²) in [5.41, 5.74) is 0.720. The van der Waals surface area contributed by atoms with Crippen molar-refractivity contribution in [3.05, 3.63) is 46.6 Å². The quantitative estimate of drug-likeness (QED) is 0.926. The molecule has 1 fully saturated rings. The van der Waals surface area contributed by atoms with Crippen LogP contribution in [0.3, 0.4) is 0 Å². The first kappa shape index (κ1) is 16.6. The van der Waals surface area contributed by atoms with Crippen LogP contribution in [0.5, 0.6) is 5.75 Å². The van der Waals surface area contributed by atoms with Crippen LogP contribution in [0.1, 0.15) is 24.4 Å². The number of ether oxygens (including phenoxy) is 1. The Bertz CT molecular complexity index is 715. The molecule has 130 valence electrons. The van der Waals surface area contributed by atoms with Crippen molar-refractivity contribution in [1.29, 1.82) is 0 Å². The van der Waals surface area contributed by atoms with Crippen molar-refractivity contribution in [3.63, 3.8) is 0 Å². The zero-order valence-corrected chi connectivity index (χ0v) is 12.8. The standard InChI is InChI=1S/C15H17F3N4O2/c16-15(17,18)24-13-3-1-11(2-4-13)9-21-7-5-12(6-8-21)22-10-19-20-14(22)23/h1-4,10,12H,5-9H2,(H,20,23). The SMILES string of the molecule is O=c1[nH]ncn1C1CCN(Cc2ccc(OC(F)(F)F)cc2)CC1. The van der Waals surface area contributed by atoms with Crippen LogP contribution >= 0.6 is 0 Å². The van der Waals surface area contributed by atoms with E-state index < -0.39 is 6.36 Å². The van der Waals surface area contributed by atoms with Crippen LogP contribution in [-0.2, 0) is 6.54 Å². The minimum absolute atomic E-state index is 0.134. The summed E-state index contributed by atoms with van der Waals surface area (Å²) in [6.45, 7) is 2.27. The zero-order valence-electron chi connectivity index (χ0n) is 12.8. The number of hydrogen-bond donors (Lipinski definition) is 1. The monoisotopic (exact) mass is 342 g/mol. The molecule has 0 atom stereocenters. The lowest BCUT2D eigenvalue weighted by Crippen LogP contribution is -2.36. The number of rotatable bonds is 4. The molecule has 1 aliphatic rings. The lowest BCUT2D eigenvalue weighted by molar-refractivity contribution is -0.274. The summed E-state index contributed by atoms with van der Waals surface area (Å²) in [6, 6.07) is 6.04. The molecule has 1 N–H and O–H groups in total. The Labute approximate surface area is 135 Å². The van der Waals surface area contributed by atoms with Crippen LogP contribution in [-0.4, -0.2) is 39.1 Å². The molecule has 0 bridgehead atoms. The Morgan fingerprint density at radius 1 is 1.21 bits per heavy atom. The first-order valence-electron chi connectivity index (χ1n) is 7.59. The average molecular weight is 342 g/mol. The number of nitrogens with one attached hydrogen (secondary N) is 1. The predicted octanol–water partition coefficient (Wildman–Crippen LogP) is 2.31. The van der Waals surface area contributed by atoms with Gasteiger partial charge >= 0.3 is 12.1 Å². The minimum atomic E-state index is -4.67. The summed E-state index contributed by atoms with van der Waals surface area (Å²) in [6.07, 6.45) is -1.50. The fraction of sp³-hybridized carbons (Fsp3) is 0.467. The molecule has 0 aliphatic carbocycles. The van der Waals surface area contributed by atoms with E-state index in [-0.39, 0.29) is 17.5 Å². The molecule has 2 heterocycles. The van der Waals surface area contributed by atoms with Gasteiger partial charge in [0.15, 0.2) is 0 Å². The molecule has 24 heavy (non-hydrogen) atoms. The number of H-pyrrole nitrogens is 1. The minimum Gasteiger partial charge on any atom is -0.406 e. The number of aromatic amines is 1. The van der Waals surface area contributed by atoms with Crippen LogP contribution in [0.4, 0.5) is 13.2 Å². The second-order valence-electron chi connectivity index (χ2n) is 5.77. The highest BCUT2D eigenvalue weighted by molar-refractivity contribution is 5.27. The maximum absolute atomic E-state index is 12.1. The molecule has 0 spiro atoms. The third kappa shape index (κ3) is 4.16. The molecular weight excluding hydrogens is 325 g/mol. The van der Waals surface area contributed by atoms with Crippen molar-refractivity contribution in [2.24, 2.45) is 0 Å². The predicted molar refractivity (Wildman–Crippen MR) is 79.5 cm³/mol. The van der Waals surface area contributed by atoms with Gasteiger partial charge in [0.25, 0.3) is 0 Å². The van der Waals surface area contributed by atoms with Crippen LogP contribution in [0, 0.1) is 0 Å². The fourth-order valence-corrected chi connectivity index (χ4v) is 2.93. The summed E-state index contributed by atoms with van der Waals surface area (Å²) in [4.78, 5) is 13.8. The van der Waals surface area contributed by atoms with E-state index in [4.69, 9.17) is 0 Å². The molecule has 2 aromatic rings. The molecule has 0 unspecified atom stereocenters. The number of aromatic nitrogens is 3. The fourth-order valence-electron chi connectivity index (χ4n) is 2.93. The van der Waals surface area contributed by atoms with Crippen LogP contribution in [0.15, 0.2) is 35.4 Å². The van der Waals surface area contributed by atoms with E-state index in [2.05, 4.69) is 19.8 Å². The van der Waals surface area contributed by atoms with Gasteiger partial charge in [0.1, 0.15) is 12.1 Å². The molecule has 1 aromatic carbocycles. The molecule has 0 saturated carbocycles. The summed E-state index contributed by atoms with van der Waals surface area (Å²) in [5, 5.41) is 6.13. The van der Waals surface area contributed by atoms with Gasteiger partial charge in [0.05, 0.1) is 0 Å². The van der Waals surface area contributed by atoms with E-state index in [1.807, 2.05) is 0 Å². The van der Waals surface area contributed by atoms with Gasteiger partial charge < -0.3 is 4.74 Å². The topological polar surface area (TPSA) is 63.2 Å². The zero-order chi connectivity index (χ0) is 17.2.